The normalized spacial score (nSPS) is 17.3. The smallest absolute Gasteiger partial charge is 0.271 e. The van der Waals surface area contributed by atoms with Gasteiger partial charge in [0.05, 0.1) is 11.8 Å². The van der Waals surface area contributed by atoms with E-state index in [0.29, 0.717) is 23.4 Å². The fourth-order valence-electron chi connectivity index (χ4n) is 4.72. The van der Waals surface area contributed by atoms with Gasteiger partial charge in [-0.2, -0.15) is 0 Å². The summed E-state index contributed by atoms with van der Waals surface area (Å²) in [5.74, 6) is -2.78. The molecule has 5 N–H and O–H groups in total. The summed E-state index contributed by atoms with van der Waals surface area (Å²) in [5.41, 5.74) is 6.92. The van der Waals surface area contributed by atoms with Gasteiger partial charge in [0.1, 0.15) is 11.8 Å². The zero-order valence-corrected chi connectivity index (χ0v) is 22.8. The summed E-state index contributed by atoms with van der Waals surface area (Å²) in [6, 6.07) is 20.3. The number of hydrogen-bond acceptors (Lipinski definition) is 7. The second-order valence-corrected chi connectivity index (χ2v) is 10.8. The van der Waals surface area contributed by atoms with Gasteiger partial charge in [-0.1, -0.05) is 66.7 Å². The molecule has 0 spiro atoms. The number of nitrogens with zero attached hydrogens (tertiary/aromatic N) is 1. The first-order chi connectivity index (χ1) is 18.6. The van der Waals surface area contributed by atoms with E-state index in [2.05, 4.69) is 5.32 Å². The quantitative estimate of drug-likeness (QED) is 0.239. The van der Waals surface area contributed by atoms with Gasteiger partial charge in [0, 0.05) is 23.4 Å². The number of carbonyl (C=O) groups excluding carboxylic acids is 3. The monoisotopic (exact) mass is 547 g/mol. The van der Waals surface area contributed by atoms with Crippen LogP contribution < -0.4 is 11.1 Å². The minimum Gasteiger partial charge on any atom is -0.508 e. The van der Waals surface area contributed by atoms with E-state index < -0.39 is 29.4 Å². The van der Waals surface area contributed by atoms with E-state index in [1.165, 1.54) is 34.9 Å². The van der Waals surface area contributed by atoms with Crippen molar-refractivity contribution in [2.75, 3.05) is 11.6 Å². The number of phenols is 1. The van der Waals surface area contributed by atoms with Crippen LogP contribution in [0.2, 0.25) is 0 Å². The molecule has 9 heteroatoms. The van der Waals surface area contributed by atoms with E-state index in [0.717, 1.165) is 11.1 Å². The van der Waals surface area contributed by atoms with Crippen LogP contribution in [0.1, 0.15) is 32.6 Å². The van der Waals surface area contributed by atoms with Gasteiger partial charge in [-0.15, -0.1) is 11.8 Å². The largest absolute Gasteiger partial charge is 0.508 e. The summed E-state index contributed by atoms with van der Waals surface area (Å²) < 4.78 is 0. The lowest BCUT2D eigenvalue weighted by Gasteiger charge is -2.35. The van der Waals surface area contributed by atoms with E-state index >= 15 is 0 Å². The standard InChI is InChI=1S/C30H33N3O5S/c1-19-9-6-7-12-22(19)16-32-28(36)25-17-39-18-33(25)29(37)30(31,38)24(15-21-10-4-3-5-11-21)27(35)23-13-8-14-26(34)20(23)2/h3-14,24-25,34,38H,15-18,31H2,1-2H3,(H,32,36)/t24-,25?,30+/m1/s1. The first-order valence-electron chi connectivity index (χ1n) is 12.7. The number of nitrogens with one attached hydrogen (secondary N) is 1. The molecule has 1 heterocycles. The van der Waals surface area contributed by atoms with Gasteiger partial charge in [0.25, 0.3) is 5.91 Å². The number of Topliss-reactive ketones (excluding diaryl/α,β-unsaturated/α-hetero) is 1. The number of thioether (sulfide) groups is 1. The average molecular weight is 548 g/mol. The van der Waals surface area contributed by atoms with E-state index in [9.17, 15) is 24.6 Å². The van der Waals surface area contributed by atoms with Crippen molar-refractivity contribution in [3.63, 3.8) is 0 Å². The summed E-state index contributed by atoms with van der Waals surface area (Å²) >= 11 is 1.37. The Hall–Kier alpha value is -3.66. The van der Waals surface area contributed by atoms with Crippen LogP contribution in [0.15, 0.2) is 72.8 Å². The molecule has 3 atom stereocenters. The van der Waals surface area contributed by atoms with E-state index in [4.69, 9.17) is 5.73 Å². The van der Waals surface area contributed by atoms with Crippen molar-refractivity contribution in [2.45, 2.75) is 38.6 Å². The minimum atomic E-state index is -2.61. The molecule has 0 saturated carbocycles. The lowest BCUT2D eigenvalue weighted by atomic mass is 9.81. The van der Waals surface area contributed by atoms with Gasteiger partial charge >= 0.3 is 0 Å². The summed E-state index contributed by atoms with van der Waals surface area (Å²) in [7, 11) is 0. The van der Waals surface area contributed by atoms with Crippen LogP contribution in [-0.2, 0) is 22.6 Å². The molecule has 0 radical (unpaired) electrons. The third kappa shape index (κ3) is 6.16. The van der Waals surface area contributed by atoms with Crippen LogP contribution in [0, 0.1) is 19.8 Å². The Morgan fingerprint density at radius 3 is 2.46 bits per heavy atom. The van der Waals surface area contributed by atoms with Crippen molar-refractivity contribution in [3.05, 3.63) is 101 Å². The van der Waals surface area contributed by atoms with Crippen LogP contribution in [0.4, 0.5) is 0 Å². The van der Waals surface area contributed by atoms with Crippen LogP contribution in [-0.4, -0.2) is 56.1 Å². The number of aliphatic hydroxyl groups is 1. The molecular formula is C30H33N3O5S. The molecular weight excluding hydrogens is 514 g/mol. The topological polar surface area (TPSA) is 133 Å². The SMILES string of the molecule is Cc1ccccc1CNC(=O)C1CSCN1C(=O)[C@@](N)(O)[C@H](Cc1ccccc1)C(=O)c1cccc(O)c1C. The number of ketones is 1. The highest BCUT2D eigenvalue weighted by molar-refractivity contribution is 7.99. The highest BCUT2D eigenvalue weighted by atomic mass is 32.2. The molecule has 2 amide bonds. The van der Waals surface area contributed by atoms with Gasteiger partial charge in [0.2, 0.25) is 11.6 Å². The molecule has 3 aromatic rings. The van der Waals surface area contributed by atoms with Crippen molar-refractivity contribution >= 4 is 29.4 Å². The van der Waals surface area contributed by atoms with Crippen molar-refractivity contribution in [3.8, 4) is 5.75 Å². The number of aromatic hydroxyl groups is 1. The Morgan fingerprint density at radius 2 is 1.74 bits per heavy atom. The Bertz CT molecular complexity index is 1360. The molecule has 0 aliphatic carbocycles. The van der Waals surface area contributed by atoms with E-state index in [-0.39, 0.29) is 29.5 Å². The lowest BCUT2D eigenvalue weighted by Crippen LogP contribution is -2.64. The Morgan fingerprint density at radius 1 is 1.05 bits per heavy atom. The first-order valence-corrected chi connectivity index (χ1v) is 13.9. The molecule has 8 nitrogen and oxygen atoms in total. The van der Waals surface area contributed by atoms with Crippen molar-refractivity contribution in [1.82, 2.24) is 10.2 Å². The molecule has 1 fully saturated rings. The summed E-state index contributed by atoms with van der Waals surface area (Å²) in [4.78, 5) is 42.0. The molecule has 1 saturated heterocycles. The second kappa shape index (κ2) is 12.0. The van der Waals surface area contributed by atoms with Gasteiger partial charge in [-0.05, 0) is 43.0 Å². The number of phenolic OH excluding ortho intramolecular Hbond substituents is 1. The van der Waals surface area contributed by atoms with Crippen LogP contribution in [0.3, 0.4) is 0 Å². The second-order valence-electron chi connectivity index (χ2n) is 9.82. The third-order valence-corrected chi connectivity index (χ3v) is 8.22. The fraction of sp³-hybridized carbons (Fsp3) is 0.300. The number of nitrogens with two attached hydrogens (primary N) is 1. The van der Waals surface area contributed by atoms with Gasteiger partial charge < -0.3 is 20.4 Å². The maximum Gasteiger partial charge on any atom is 0.271 e. The lowest BCUT2D eigenvalue weighted by molar-refractivity contribution is -0.157. The summed E-state index contributed by atoms with van der Waals surface area (Å²) in [6.45, 7) is 3.84. The molecule has 204 valence electrons. The van der Waals surface area contributed by atoms with Crippen LogP contribution in [0.25, 0.3) is 0 Å². The predicted molar refractivity (Wildman–Crippen MR) is 151 cm³/mol. The molecule has 0 bridgehead atoms. The Kier molecular flexibility index (Phi) is 8.74. The molecule has 1 unspecified atom stereocenters. The van der Waals surface area contributed by atoms with Crippen LogP contribution in [0.5, 0.6) is 5.75 Å². The van der Waals surface area contributed by atoms with Crippen LogP contribution >= 0.6 is 11.8 Å². The summed E-state index contributed by atoms with van der Waals surface area (Å²) in [6.07, 6.45) is -0.0152. The zero-order chi connectivity index (χ0) is 28.2. The molecule has 1 aliphatic heterocycles. The molecule has 1 aliphatic rings. The number of carbonyl (C=O) groups is 3. The first kappa shape index (κ1) is 28.4. The zero-order valence-electron chi connectivity index (χ0n) is 22.0. The predicted octanol–water partition coefficient (Wildman–Crippen LogP) is 2.92. The molecule has 39 heavy (non-hydrogen) atoms. The summed E-state index contributed by atoms with van der Waals surface area (Å²) in [5, 5.41) is 24.6. The number of benzene rings is 3. The molecule has 0 aromatic heterocycles. The van der Waals surface area contributed by atoms with Crippen molar-refractivity contribution in [2.24, 2.45) is 11.7 Å². The number of amides is 2. The maximum atomic E-state index is 13.8. The number of rotatable bonds is 9. The number of hydrogen-bond donors (Lipinski definition) is 4. The maximum absolute atomic E-state index is 13.8. The van der Waals surface area contributed by atoms with Crippen molar-refractivity contribution in [1.29, 1.82) is 0 Å². The Labute approximate surface area is 232 Å². The highest BCUT2D eigenvalue weighted by Gasteiger charge is 2.50. The van der Waals surface area contributed by atoms with Gasteiger partial charge in [-0.25, -0.2) is 0 Å². The average Bonchev–Trinajstić information content (AvgIpc) is 3.42. The van der Waals surface area contributed by atoms with E-state index in [1.807, 2.05) is 37.3 Å². The van der Waals surface area contributed by atoms with Gasteiger partial charge in [-0.3, -0.25) is 20.1 Å². The van der Waals surface area contributed by atoms with Crippen molar-refractivity contribution < 1.29 is 24.6 Å². The highest BCUT2D eigenvalue weighted by Crippen LogP contribution is 2.31. The van der Waals surface area contributed by atoms with Gasteiger partial charge in [0.15, 0.2) is 5.78 Å². The van der Waals surface area contributed by atoms with E-state index in [1.54, 1.807) is 31.2 Å². The fourth-order valence-corrected chi connectivity index (χ4v) is 5.88. The molecule has 4 rings (SSSR count). The third-order valence-electron chi connectivity index (χ3n) is 7.20. The Balaban J connectivity index is 1.60. The molecule has 3 aromatic carbocycles. The minimum absolute atomic E-state index is 0.0152. The number of aryl methyl sites for hydroxylation is 1.